The first-order valence-corrected chi connectivity index (χ1v) is 9.14. The number of aromatic hydroxyl groups is 1. The number of thiol groups is 1. The first-order chi connectivity index (χ1) is 11.0. The Balaban J connectivity index is 1.81. The first-order valence-electron chi connectivity index (χ1n) is 8.69. The lowest BCUT2D eigenvalue weighted by Crippen LogP contribution is -2.44. The molecule has 2 N–H and O–H groups in total. The fourth-order valence-electron chi connectivity index (χ4n) is 5.85. The van der Waals surface area contributed by atoms with E-state index in [0.717, 1.165) is 44.1 Å². The van der Waals surface area contributed by atoms with Crippen LogP contribution in [0.1, 0.15) is 61.6 Å². The van der Waals surface area contributed by atoms with Crippen LogP contribution in [0, 0.1) is 29.6 Å². The minimum Gasteiger partial charge on any atom is -0.507 e. The van der Waals surface area contributed by atoms with Crippen molar-refractivity contribution in [1.82, 2.24) is 0 Å². The fraction of sp³-hybridized carbons (Fsp3) is 0.600. The molecule has 3 aliphatic rings. The highest BCUT2D eigenvalue weighted by Crippen LogP contribution is 2.61. The molecule has 1 aromatic carbocycles. The summed E-state index contributed by atoms with van der Waals surface area (Å²) in [4.78, 5) is 0.548. The van der Waals surface area contributed by atoms with E-state index in [1.807, 2.05) is 6.07 Å². The monoisotopic (exact) mass is 328 g/mol. The zero-order valence-electron chi connectivity index (χ0n) is 13.5. The van der Waals surface area contributed by atoms with E-state index in [-0.39, 0.29) is 17.3 Å². The molecule has 23 heavy (non-hydrogen) atoms. The largest absolute Gasteiger partial charge is 0.507 e. The summed E-state index contributed by atoms with van der Waals surface area (Å²) in [6.07, 6.45) is 11.9. The van der Waals surface area contributed by atoms with Crippen LogP contribution in [-0.2, 0) is 6.42 Å². The van der Waals surface area contributed by atoms with Crippen LogP contribution in [-0.4, -0.2) is 16.3 Å². The Labute approximate surface area is 143 Å². The van der Waals surface area contributed by atoms with Gasteiger partial charge in [-0.3, -0.25) is 0 Å². The van der Waals surface area contributed by atoms with Crippen LogP contribution in [0.3, 0.4) is 0 Å². The molecular formula is C20H24O2S. The van der Waals surface area contributed by atoms with Crippen molar-refractivity contribution >= 4 is 12.6 Å². The van der Waals surface area contributed by atoms with Crippen molar-refractivity contribution in [2.75, 3.05) is 0 Å². The van der Waals surface area contributed by atoms with Gasteiger partial charge in [0.1, 0.15) is 5.75 Å². The lowest BCUT2D eigenvalue weighted by molar-refractivity contribution is -0.0227. The molecule has 2 nitrogen and oxygen atoms in total. The predicted molar refractivity (Wildman–Crippen MR) is 93.9 cm³/mol. The van der Waals surface area contributed by atoms with Gasteiger partial charge in [0, 0.05) is 5.56 Å². The number of terminal acetylenes is 1. The van der Waals surface area contributed by atoms with Gasteiger partial charge >= 0.3 is 0 Å². The number of aliphatic hydroxyl groups is 1. The first kappa shape index (κ1) is 15.4. The van der Waals surface area contributed by atoms with Crippen molar-refractivity contribution in [2.24, 2.45) is 17.3 Å². The third-order valence-electron chi connectivity index (χ3n) is 7.05. The Morgan fingerprint density at radius 3 is 2.83 bits per heavy atom. The number of phenolic OH excluding ortho intramolecular Hbond substituents is 1. The molecule has 0 bridgehead atoms. The number of hydrogen-bond acceptors (Lipinski definition) is 3. The minimum absolute atomic E-state index is 0.0791. The van der Waals surface area contributed by atoms with Gasteiger partial charge in [-0.2, -0.15) is 0 Å². The molecule has 0 spiro atoms. The predicted octanol–water partition coefficient (Wildman–Crippen LogP) is 3.88. The third kappa shape index (κ3) is 2.01. The van der Waals surface area contributed by atoms with Crippen molar-refractivity contribution in [1.29, 1.82) is 0 Å². The van der Waals surface area contributed by atoms with Crippen LogP contribution in [0.15, 0.2) is 11.0 Å². The van der Waals surface area contributed by atoms with Crippen LogP contribution in [0.4, 0.5) is 0 Å². The molecule has 0 amide bonds. The zero-order valence-corrected chi connectivity index (χ0v) is 14.4. The number of hydrogen-bond donors (Lipinski definition) is 3. The standard InChI is InChI=1S/C20H24O2S/c1-3-12-18-11(10-16(21)19(12)23)4-5-13-14(18)8-9-20(2)15(13)6-7-17(20)22/h1,10,13-15,17,21-23H,4-9H2,2H3/t13-,14+,15+,17+,20+/m1/s1. The summed E-state index contributed by atoms with van der Waals surface area (Å²) in [6.45, 7) is 2.28. The summed E-state index contributed by atoms with van der Waals surface area (Å²) in [5.41, 5.74) is 3.34. The van der Waals surface area contributed by atoms with Crippen molar-refractivity contribution in [3.8, 4) is 18.1 Å². The maximum atomic E-state index is 10.5. The lowest BCUT2D eigenvalue weighted by atomic mass is 9.55. The Kier molecular flexibility index (Phi) is 3.48. The number of rotatable bonds is 0. The molecule has 3 aliphatic carbocycles. The average molecular weight is 328 g/mol. The van der Waals surface area contributed by atoms with E-state index in [2.05, 4.69) is 25.5 Å². The maximum absolute atomic E-state index is 10.5. The second kappa shape index (κ2) is 5.19. The van der Waals surface area contributed by atoms with Gasteiger partial charge < -0.3 is 10.2 Å². The second-order valence-corrected chi connectivity index (χ2v) is 8.34. The third-order valence-corrected chi connectivity index (χ3v) is 7.51. The SMILES string of the molecule is C#Cc1c(S)c(O)cc2c1[C@H]1CC[C@]3(C)[C@@H](O)CC[C@H]3[C@@H]1CC2. The number of aliphatic hydroxyl groups excluding tert-OH is 1. The zero-order chi connectivity index (χ0) is 16.4. The molecule has 122 valence electrons. The molecule has 1 aromatic rings. The quantitative estimate of drug-likeness (QED) is 0.500. The van der Waals surface area contributed by atoms with Gasteiger partial charge in [0.2, 0.25) is 0 Å². The number of aryl methyl sites for hydroxylation is 1. The normalized spacial score (nSPS) is 38.3. The molecule has 2 saturated carbocycles. The van der Waals surface area contributed by atoms with Gasteiger partial charge in [-0.1, -0.05) is 12.8 Å². The molecule has 3 heteroatoms. The van der Waals surface area contributed by atoms with E-state index in [1.165, 1.54) is 11.1 Å². The van der Waals surface area contributed by atoms with Crippen LogP contribution in [0.25, 0.3) is 0 Å². The topological polar surface area (TPSA) is 40.5 Å². The summed E-state index contributed by atoms with van der Waals surface area (Å²) in [6, 6.07) is 1.87. The number of benzene rings is 1. The number of phenols is 1. The summed E-state index contributed by atoms with van der Waals surface area (Å²) >= 11 is 4.46. The smallest absolute Gasteiger partial charge is 0.130 e. The van der Waals surface area contributed by atoms with Crippen LogP contribution < -0.4 is 0 Å². The van der Waals surface area contributed by atoms with Crippen LogP contribution in [0.2, 0.25) is 0 Å². The van der Waals surface area contributed by atoms with E-state index in [1.54, 1.807) is 0 Å². The minimum atomic E-state index is -0.151. The van der Waals surface area contributed by atoms with E-state index in [0.29, 0.717) is 22.6 Å². The van der Waals surface area contributed by atoms with E-state index in [9.17, 15) is 10.2 Å². The summed E-state index contributed by atoms with van der Waals surface area (Å²) < 4.78 is 0. The van der Waals surface area contributed by atoms with Crippen molar-refractivity contribution in [2.45, 2.75) is 62.4 Å². The van der Waals surface area contributed by atoms with Crippen LogP contribution in [0.5, 0.6) is 5.75 Å². The molecule has 0 aromatic heterocycles. The van der Waals surface area contributed by atoms with Crippen molar-refractivity contribution < 1.29 is 10.2 Å². The molecule has 5 atom stereocenters. The van der Waals surface area contributed by atoms with E-state index in [4.69, 9.17) is 6.42 Å². The van der Waals surface area contributed by atoms with E-state index >= 15 is 0 Å². The highest BCUT2D eigenvalue weighted by molar-refractivity contribution is 7.80. The average Bonchev–Trinajstić information content (AvgIpc) is 2.84. The summed E-state index contributed by atoms with van der Waals surface area (Å²) in [7, 11) is 0. The Morgan fingerprint density at radius 1 is 1.30 bits per heavy atom. The molecule has 0 radical (unpaired) electrons. The highest BCUT2D eigenvalue weighted by atomic mass is 32.1. The maximum Gasteiger partial charge on any atom is 0.130 e. The van der Waals surface area contributed by atoms with Gasteiger partial charge in [-0.15, -0.1) is 19.1 Å². The lowest BCUT2D eigenvalue weighted by Gasteiger charge is -2.50. The Morgan fingerprint density at radius 2 is 2.09 bits per heavy atom. The Hall–Kier alpha value is -1.11. The molecule has 0 aliphatic heterocycles. The molecule has 0 heterocycles. The molecule has 0 saturated heterocycles. The summed E-state index contributed by atoms with van der Waals surface area (Å²) in [5.74, 6) is 4.64. The number of fused-ring (bicyclic) bond motifs is 5. The highest BCUT2D eigenvalue weighted by Gasteiger charge is 2.54. The van der Waals surface area contributed by atoms with Gasteiger partial charge in [0.15, 0.2) is 0 Å². The molecule has 2 fully saturated rings. The van der Waals surface area contributed by atoms with E-state index < -0.39 is 0 Å². The molecule has 4 rings (SSSR count). The Bertz CT molecular complexity index is 705. The van der Waals surface area contributed by atoms with Crippen LogP contribution >= 0.6 is 12.6 Å². The second-order valence-electron chi connectivity index (χ2n) is 7.89. The van der Waals surface area contributed by atoms with Crippen molar-refractivity contribution in [3.05, 3.63) is 22.8 Å². The van der Waals surface area contributed by atoms with Crippen molar-refractivity contribution in [3.63, 3.8) is 0 Å². The van der Waals surface area contributed by atoms with Gasteiger partial charge in [-0.05, 0) is 78.9 Å². The van der Waals surface area contributed by atoms with Gasteiger partial charge in [0.05, 0.1) is 11.0 Å². The molecular weight excluding hydrogens is 304 g/mol. The molecule has 0 unspecified atom stereocenters. The van der Waals surface area contributed by atoms with Gasteiger partial charge in [0.25, 0.3) is 0 Å². The summed E-state index contributed by atoms with van der Waals surface area (Å²) in [5, 5.41) is 20.6. The van der Waals surface area contributed by atoms with Gasteiger partial charge in [-0.25, -0.2) is 0 Å². The fourth-order valence-corrected chi connectivity index (χ4v) is 6.10.